The van der Waals surface area contributed by atoms with Gasteiger partial charge in [-0.3, -0.25) is 4.79 Å². The number of aliphatic carboxylic acids is 1. The van der Waals surface area contributed by atoms with Crippen LogP contribution in [0.5, 0.6) is 0 Å². The van der Waals surface area contributed by atoms with E-state index >= 15 is 0 Å². The predicted molar refractivity (Wildman–Crippen MR) is 63.9 cm³/mol. The Morgan fingerprint density at radius 3 is 2.53 bits per heavy atom. The summed E-state index contributed by atoms with van der Waals surface area (Å²) < 4.78 is 1.74. The van der Waals surface area contributed by atoms with Gasteiger partial charge in [0.1, 0.15) is 11.7 Å². The number of nitrogens with one attached hydrogen (secondary N) is 1. The Bertz CT molecular complexity index is 423. The van der Waals surface area contributed by atoms with E-state index in [2.05, 4.69) is 5.32 Å². The minimum atomic E-state index is -0.994. The largest absolute Gasteiger partial charge is 0.480 e. The van der Waals surface area contributed by atoms with E-state index in [0.717, 1.165) is 5.69 Å². The number of hydrogen-bond acceptors (Lipinski definition) is 2. The number of hydrogen-bond donors (Lipinski definition) is 2. The number of amides is 1. The minimum Gasteiger partial charge on any atom is -0.480 e. The fourth-order valence-electron chi connectivity index (χ4n) is 1.62. The number of carboxylic acids is 1. The van der Waals surface area contributed by atoms with Crippen LogP contribution in [0.2, 0.25) is 0 Å². The monoisotopic (exact) mass is 238 g/mol. The SMILES string of the molecule is CCC[C@H](NC(=O)c1ccc(C)n1C)C(=O)O. The van der Waals surface area contributed by atoms with E-state index in [1.807, 2.05) is 19.9 Å². The van der Waals surface area contributed by atoms with Crippen molar-refractivity contribution in [3.05, 3.63) is 23.5 Å². The zero-order valence-corrected chi connectivity index (χ0v) is 10.4. The molecule has 0 saturated heterocycles. The van der Waals surface area contributed by atoms with Crippen LogP contribution in [0.25, 0.3) is 0 Å². The predicted octanol–water partition coefficient (Wildman–Crippen LogP) is 1.32. The zero-order valence-electron chi connectivity index (χ0n) is 10.4. The number of aryl methyl sites for hydroxylation is 1. The second-order valence-electron chi connectivity index (χ2n) is 4.07. The van der Waals surface area contributed by atoms with E-state index in [1.165, 1.54) is 0 Å². The van der Waals surface area contributed by atoms with Crippen molar-refractivity contribution in [2.24, 2.45) is 7.05 Å². The molecule has 1 aromatic heterocycles. The van der Waals surface area contributed by atoms with Gasteiger partial charge in [-0.1, -0.05) is 13.3 Å². The molecular weight excluding hydrogens is 220 g/mol. The van der Waals surface area contributed by atoms with Crippen molar-refractivity contribution in [2.45, 2.75) is 32.7 Å². The second kappa shape index (κ2) is 5.52. The van der Waals surface area contributed by atoms with Gasteiger partial charge in [-0.05, 0) is 25.5 Å². The Kier molecular flexibility index (Phi) is 4.31. The highest BCUT2D eigenvalue weighted by Crippen LogP contribution is 2.07. The van der Waals surface area contributed by atoms with E-state index in [-0.39, 0.29) is 5.91 Å². The first-order valence-electron chi connectivity index (χ1n) is 5.63. The average molecular weight is 238 g/mol. The lowest BCUT2D eigenvalue weighted by Crippen LogP contribution is -2.41. The first-order chi connectivity index (χ1) is 7.97. The summed E-state index contributed by atoms with van der Waals surface area (Å²) in [7, 11) is 1.78. The van der Waals surface area contributed by atoms with E-state index < -0.39 is 12.0 Å². The highest BCUT2D eigenvalue weighted by Gasteiger charge is 2.20. The number of nitrogens with zero attached hydrogens (tertiary/aromatic N) is 1. The molecule has 5 heteroatoms. The van der Waals surface area contributed by atoms with Gasteiger partial charge >= 0.3 is 5.97 Å². The molecule has 94 valence electrons. The van der Waals surface area contributed by atoms with Crippen LogP contribution in [0.3, 0.4) is 0 Å². The summed E-state index contributed by atoms with van der Waals surface area (Å²) in [6.45, 7) is 3.77. The first kappa shape index (κ1) is 13.3. The zero-order chi connectivity index (χ0) is 13.0. The van der Waals surface area contributed by atoms with E-state index in [4.69, 9.17) is 5.11 Å². The second-order valence-corrected chi connectivity index (χ2v) is 4.07. The van der Waals surface area contributed by atoms with Gasteiger partial charge in [-0.2, -0.15) is 0 Å². The molecule has 0 spiro atoms. The molecule has 2 N–H and O–H groups in total. The van der Waals surface area contributed by atoms with Crippen molar-refractivity contribution in [2.75, 3.05) is 0 Å². The van der Waals surface area contributed by atoms with Crippen LogP contribution in [0.1, 0.15) is 35.9 Å². The number of carboxylic acid groups (broad SMARTS) is 1. The van der Waals surface area contributed by atoms with Crippen molar-refractivity contribution in [1.82, 2.24) is 9.88 Å². The summed E-state index contributed by atoms with van der Waals surface area (Å²) in [5, 5.41) is 11.5. The summed E-state index contributed by atoms with van der Waals surface area (Å²) in [5.41, 5.74) is 1.43. The van der Waals surface area contributed by atoms with Gasteiger partial charge < -0.3 is 15.0 Å². The van der Waals surface area contributed by atoms with Crippen LogP contribution in [0.4, 0.5) is 0 Å². The molecule has 0 saturated carbocycles. The topological polar surface area (TPSA) is 71.3 Å². The molecule has 1 rings (SSSR count). The molecule has 0 bridgehead atoms. The molecule has 0 aliphatic heterocycles. The van der Waals surface area contributed by atoms with Crippen LogP contribution >= 0.6 is 0 Å². The number of aromatic nitrogens is 1. The third-order valence-electron chi connectivity index (χ3n) is 2.79. The van der Waals surface area contributed by atoms with Crippen molar-refractivity contribution in [1.29, 1.82) is 0 Å². The van der Waals surface area contributed by atoms with Crippen molar-refractivity contribution in [3.63, 3.8) is 0 Å². The van der Waals surface area contributed by atoms with Crippen LogP contribution in [-0.4, -0.2) is 27.6 Å². The molecule has 1 heterocycles. The van der Waals surface area contributed by atoms with Crippen LogP contribution in [0.15, 0.2) is 12.1 Å². The Morgan fingerprint density at radius 1 is 1.47 bits per heavy atom. The summed E-state index contributed by atoms with van der Waals surface area (Å²) in [4.78, 5) is 22.8. The van der Waals surface area contributed by atoms with Crippen LogP contribution < -0.4 is 5.32 Å². The Labute approximate surface area is 100 Å². The van der Waals surface area contributed by atoms with Gasteiger partial charge in [-0.25, -0.2) is 4.79 Å². The van der Waals surface area contributed by atoms with Crippen LogP contribution in [-0.2, 0) is 11.8 Å². The smallest absolute Gasteiger partial charge is 0.326 e. The molecule has 1 amide bonds. The summed E-state index contributed by atoms with van der Waals surface area (Å²) in [5.74, 6) is -1.34. The maximum atomic E-state index is 11.9. The highest BCUT2D eigenvalue weighted by atomic mass is 16.4. The van der Waals surface area contributed by atoms with Crippen molar-refractivity contribution in [3.8, 4) is 0 Å². The van der Waals surface area contributed by atoms with E-state index in [1.54, 1.807) is 17.7 Å². The molecule has 17 heavy (non-hydrogen) atoms. The Balaban J connectivity index is 2.77. The normalized spacial score (nSPS) is 12.2. The summed E-state index contributed by atoms with van der Waals surface area (Å²) >= 11 is 0. The molecule has 0 fully saturated rings. The molecule has 1 aromatic rings. The van der Waals surface area contributed by atoms with E-state index in [0.29, 0.717) is 18.5 Å². The third-order valence-corrected chi connectivity index (χ3v) is 2.79. The van der Waals surface area contributed by atoms with Gasteiger partial charge in [0.15, 0.2) is 0 Å². The molecule has 1 atom stereocenters. The van der Waals surface area contributed by atoms with Crippen LogP contribution in [0, 0.1) is 6.92 Å². The Hall–Kier alpha value is -1.78. The summed E-state index contributed by atoms with van der Waals surface area (Å²) in [6, 6.07) is 2.70. The molecule has 0 aliphatic carbocycles. The quantitative estimate of drug-likeness (QED) is 0.812. The van der Waals surface area contributed by atoms with Gasteiger partial charge in [0.05, 0.1) is 0 Å². The molecule has 0 aliphatic rings. The molecule has 5 nitrogen and oxygen atoms in total. The Morgan fingerprint density at radius 2 is 2.12 bits per heavy atom. The lowest BCUT2D eigenvalue weighted by molar-refractivity contribution is -0.139. The molecule has 0 aromatic carbocycles. The molecular formula is C12H18N2O3. The average Bonchev–Trinajstić information content (AvgIpc) is 2.59. The number of carbonyl (C=O) groups is 2. The van der Waals surface area contributed by atoms with Gasteiger partial charge in [0, 0.05) is 12.7 Å². The number of rotatable bonds is 5. The maximum absolute atomic E-state index is 11.9. The van der Waals surface area contributed by atoms with Crippen molar-refractivity contribution < 1.29 is 14.7 Å². The lowest BCUT2D eigenvalue weighted by Gasteiger charge is -2.14. The van der Waals surface area contributed by atoms with E-state index in [9.17, 15) is 9.59 Å². The lowest BCUT2D eigenvalue weighted by atomic mass is 10.1. The molecule has 0 radical (unpaired) electrons. The third kappa shape index (κ3) is 3.09. The fourth-order valence-corrected chi connectivity index (χ4v) is 1.62. The minimum absolute atomic E-state index is 0.346. The maximum Gasteiger partial charge on any atom is 0.326 e. The fraction of sp³-hybridized carbons (Fsp3) is 0.500. The van der Waals surface area contributed by atoms with Gasteiger partial charge in [0.2, 0.25) is 0 Å². The molecule has 0 unspecified atom stereocenters. The van der Waals surface area contributed by atoms with Gasteiger partial charge in [0.25, 0.3) is 5.91 Å². The first-order valence-corrected chi connectivity index (χ1v) is 5.63. The number of carbonyl (C=O) groups excluding carboxylic acids is 1. The van der Waals surface area contributed by atoms with Gasteiger partial charge in [-0.15, -0.1) is 0 Å². The highest BCUT2D eigenvalue weighted by molar-refractivity contribution is 5.95. The summed E-state index contributed by atoms with van der Waals surface area (Å²) in [6.07, 6.45) is 1.15. The van der Waals surface area contributed by atoms with Crippen molar-refractivity contribution >= 4 is 11.9 Å². The standard InChI is InChI=1S/C12H18N2O3/c1-4-5-9(12(16)17)13-11(15)10-7-6-8(2)14(10)3/h6-7,9H,4-5H2,1-3H3,(H,13,15)(H,16,17)/t9-/m0/s1.